The molecule has 6 heteroatoms. The summed E-state index contributed by atoms with van der Waals surface area (Å²) in [6.07, 6.45) is 2.03. The fourth-order valence-corrected chi connectivity index (χ4v) is 11.6. The van der Waals surface area contributed by atoms with E-state index in [-0.39, 0.29) is 16.2 Å². The highest BCUT2D eigenvalue weighted by Gasteiger charge is 2.41. The van der Waals surface area contributed by atoms with Crippen LogP contribution in [0.25, 0.3) is 77.4 Å². The number of fused-ring (bicyclic) bond motifs is 7. The first kappa shape index (κ1) is 49.5. The molecule has 0 saturated heterocycles. The molecule has 0 bridgehead atoms. The van der Waals surface area contributed by atoms with Gasteiger partial charge in [-0.25, -0.2) is 4.98 Å². The van der Waals surface area contributed by atoms with Crippen molar-refractivity contribution in [2.45, 2.75) is 85.5 Å². The van der Waals surface area contributed by atoms with Gasteiger partial charge in [0.25, 0.3) is 5.69 Å². The van der Waals surface area contributed by atoms with Gasteiger partial charge < -0.3 is 9.30 Å². The van der Waals surface area contributed by atoms with E-state index < -0.39 is 0 Å². The molecule has 13 rings (SSSR count). The summed E-state index contributed by atoms with van der Waals surface area (Å²) in [6.45, 7) is 22.8. The van der Waals surface area contributed by atoms with E-state index in [4.69, 9.17) is 9.72 Å². The average Bonchev–Trinajstić information content (AvgIpc) is 4.21. The fraction of sp³-hybridized carbons (Fsp3) is 0.178. The Hall–Kier alpha value is -9.09. The average molecular weight is 1030 g/mol. The Balaban J connectivity index is 0.887. The van der Waals surface area contributed by atoms with Gasteiger partial charge >= 0.3 is 11.7 Å². The Bertz CT molecular complexity index is 4430. The van der Waals surface area contributed by atoms with Crippen molar-refractivity contribution >= 4 is 72.4 Å². The molecule has 1 aliphatic rings. The zero-order valence-corrected chi connectivity index (χ0v) is 46.9. The minimum atomic E-state index is -0.0637. The summed E-state index contributed by atoms with van der Waals surface area (Å²) in [6, 6.07) is 78.4. The van der Waals surface area contributed by atoms with Gasteiger partial charge in [-0.15, -0.1) is 0 Å². The lowest BCUT2D eigenvalue weighted by atomic mass is 9.80. The molecule has 1 aliphatic heterocycles. The van der Waals surface area contributed by atoms with Crippen molar-refractivity contribution in [3.8, 4) is 45.3 Å². The second kappa shape index (κ2) is 18.5. The van der Waals surface area contributed by atoms with Gasteiger partial charge in [0.2, 0.25) is 11.4 Å². The summed E-state index contributed by atoms with van der Waals surface area (Å²) in [5.41, 5.74) is 19.2. The van der Waals surface area contributed by atoms with Gasteiger partial charge in [0.1, 0.15) is 17.3 Å². The van der Waals surface area contributed by atoms with Gasteiger partial charge in [0.05, 0.1) is 33.7 Å². The highest BCUT2D eigenvalue weighted by molar-refractivity contribution is 6.10. The maximum atomic E-state index is 6.91. The summed E-state index contributed by atoms with van der Waals surface area (Å²) < 4.78 is 16.0. The first-order chi connectivity index (χ1) is 38.0. The molecule has 0 fully saturated rings. The number of nitrogens with zero attached hydrogens (tertiary/aromatic N) is 5. The van der Waals surface area contributed by atoms with E-state index in [1.54, 1.807) is 0 Å². The number of aromatic nitrogens is 3. The van der Waals surface area contributed by atoms with Crippen LogP contribution in [-0.2, 0) is 16.2 Å². The topological polar surface area (TPSA) is 38.0 Å². The van der Waals surface area contributed by atoms with Crippen LogP contribution >= 0.6 is 0 Å². The van der Waals surface area contributed by atoms with Crippen LogP contribution < -0.4 is 13.9 Å². The smallest absolute Gasteiger partial charge is 0.457 e. The highest BCUT2D eigenvalue weighted by Crippen LogP contribution is 2.46. The minimum Gasteiger partial charge on any atom is -0.457 e. The Kier molecular flexibility index (Phi) is 11.6. The van der Waals surface area contributed by atoms with E-state index in [1.165, 1.54) is 44.1 Å². The van der Waals surface area contributed by atoms with Crippen LogP contribution in [0.2, 0.25) is 0 Å². The number of aryl methyl sites for hydroxylation is 1. The summed E-state index contributed by atoms with van der Waals surface area (Å²) in [7, 11) is 0. The zero-order valence-electron chi connectivity index (χ0n) is 46.9. The van der Waals surface area contributed by atoms with Gasteiger partial charge in [-0.2, -0.15) is 0 Å². The number of pyridine rings is 1. The van der Waals surface area contributed by atoms with E-state index in [9.17, 15) is 0 Å². The standard InChI is InChI=1S/C73H65N5O/c1-47-37-69(74-45-63(47)49-22-18-25-54(39-49)77-64-31-14-11-27-59(64)60-28-12-15-32-65(60)77)78-66-33-16-13-29-61(66)62-36-35-57(44-68(62)78)79-56-26-19-24-53(43-56)75-46-76(55-41-51(72(5,6)7)40-52(42-55)73(8,9)10)70-58(30-20-34-67(70)75)48-21-17-23-50(38-48)71(2,3)4/h11-45H,1-10H3/q+2. The van der Waals surface area contributed by atoms with Crippen molar-refractivity contribution in [3.63, 3.8) is 0 Å². The van der Waals surface area contributed by atoms with E-state index >= 15 is 0 Å². The molecule has 0 radical (unpaired) electrons. The van der Waals surface area contributed by atoms with E-state index in [0.29, 0.717) is 0 Å². The lowest BCUT2D eigenvalue weighted by Gasteiger charge is -2.24. The lowest BCUT2D eigenvalue weighted by molar-refractivity contribution is 0.483. The molecule has 0 spiro atoms. The lowest BCUT2D eigenvalue weighted by Crippen LogP contribution is -2.17. The van der Waals surface area contributed by atoms with Crippen molar-refractivity contribution in [2.75, 3.05) is 0 Å². The van der Waals surface area contributed by atoms with Gasteiger partial charge in [-0.1, -0.05) is 172 Å². The molecule has 4 heterocycles. The van der Waals surface area contributed by atoms with Crippen LogP contribution in [0.5, 0.6) is 11.5 Å². The van der Waals surface area contributed by atoms with Crippen molar-refractivity contribution < 1.29 is 4.74 Å². The molecule has 3 aromatic heterocycles. The van der Waals surface area contributed by atoms with E-state index in [1.807, 2.05) is 12.3 Å². The molecular weight excluding hydrogens is 963 g/mol. The molecule has 0 amide bonds. The molecule has 0 N–H and O–H groups in total. The zero-order chi connectivity index (χ0) is 54.5. The third-order valence-corrected chi connectivity index (χ3v) is 15.9. The van der Waals surface area contributed by atoms with Crippen molar-refractivity contribution in [3.05, 3.63) is 235 Å². The van der Waals surface area contributed by atoms with Crippen molar-refractivity contribution in [1.29, 1.82) is 0 Å². The van der Waals surface area contributed by atoms with E-state index in [2.05, 4.69) is 294 Å². The number of hydrogen-bond acceptors (Lipinski definition) is 2. The number of ether oxygens (including phenoxy) is 1. The molecule has 6 nitrogen and oxygen atoms in total. The first-order valence-corrected chi connectivity index (χ1v) is 27.6. The molecule has 386 valence electrons. The van der Waals surface area contributed by atoms with Gasteiger partial charge in [-0.3, -0.25) is 4.57 Å². The SMILES string of the molecule is Cc1cc(-n2c3ccccc3c3ccc(Oc4cccc([N+]5=C=[N+](c6cc(C(C)(C)C)cc(C(C)(C)C)c6)c6c(-c7cccc(C(C)(C)C)c7)cccc65)c4)cc32)ncc1-c1cccc(-n2c3ccccc3c3ccccc32)c1. The molecule has 0 aliphatic carbocycles. The van der Waals surface area contributed by atoms with Crippen LogP contribution in [0.3, 0.4) is 0 Å². The maximum Gasteiger partial charge on any atom is 0.503 e. The van der Waals surface area contributed by atoms with Crippen LogP contribution in [-0.4, -0.2) is 20.1 Å². The number of para-hydroxylation sites is 4. The predicted molar refractivity (Wildman–Crippen MR) is 332 cm³/mol. The van der Waals surface area contributed by atoms with Crippen LogP contribution in [0.15, 0.2) is 212 Å². The molecule has 79 heavy (non-hydrogen) atoms. The highest BCUT2D eigenvalue weighted by atomic mass is 16.5. The second-order valence-electron chi connectivity index (χ2n) is 24.5. The maximum absolute atomic E-state index is 6.91. The Morgan fingerprint density at radius 1 is 0.418 bits per heavy atom. The van der Waals surface area contributed by atoms with Crippen molar-refractivity contribution in [2.24, 2.45) is 0 Å². The third-order valence-electron chi connectivity index (χ3n) is 15.9. The number of hydrogen-bond donors (Lipinski definition) is 0. The van der Waals surface area contributed by atoms with Gasteiger partial charge in [0, 0.05) is 69.3 Å². The molecule has 0 saturated carbocycles. The predicted octanol–water partition coefficient (Wildman–Crippen LogP) is 19.5. The largest absolute Gasteiger partial charge is 0.503 e. The molecule has 12 aromatic rings. The minimum absolute atomic E-state index is 0.00534. The molecule has 0 unspecified atom stereocenters. The van der Waals surface area contributed by atoms with Gasteiger partial charge in [0.15, 0.2) is 0 Å². The second-order valence-corrected chi connectivity index (χ2v) is 24.5. The van der Waals surface area contributed by atoms with E-state index in [0.717, 1.165) is 89.8 Å². The summed E-state index contributed by atoms with van der Waals surface area (Å²) >= 11 is 0. The van der Waals surface area contributed by atoms with Crippen molar-refractivity contribution in [1.82, 2.24) is 23.3 Å². The number of benzene rings is 9. The van der Waals surface area contributed by atoms with Gasteiger partial charge in [-0.05, 0) is 126 Å². The summed E-state index contributed by atoms with van der Waals surface area (Å²) in [5.74, 6) is 2.30. The first-order valence-electron chi connectivity index (χ1n) is 27.6. The van der Waals surface area contributed by atoms with Crippen LogP contribution in [0, 0.1) is 6.92 Å². The summed E-state index contributed by atoms with van der Waals surface area (Å²) in [4.78, 5) is 5.24. The third kappa shape index (κ3) is 8.74. The Morgan fingerprint density at radius 2 is 0.987 bits per heavy atom. The quantitative estimate of drug-likeness (QED) is 0.142. The van der Waals surface area contributed by atoms with Crippen LogP contribution in [0.4, 0.5) is 22.7 Å². The monoisotopic (exact) mass is 1030 g/mol. The molecular formula is C73H65N5O+2. The normalized spacial score (nSPS) is 12.9. The van der Waals surface area contributed by atoms with Crippen LogP contribution in [0.1, 0.15) is 84.6 Å². The summed E-state index contributed by atoms with van der Waals surface area (Å²) in [5, 5.41) is 4.78. The molecule has 9 aromatic carbocycles. The molecule has 0 atom stereocenters. The fourth-order valence-electron chi connectivity index (χ4n) is 11.6. The Morgan fingerprint density at radius 3 is 1.63 bits per heavy atom. The number of rotatable bonds is 8. The Labute approximate surface area is 463 Å².